The number of nitrogens with zero attached hydrogens (tertiary/aromatic N) is 2. The molecule has 0 aliphatic rings. The van der Waals surface area contributed by atoms with Crippen LogP contribution in [0.25, 0.3) is 0 Å². The fourth-order valence-corrected chi connectivity index (χ4v) is 3.75. The van der Waals surface area contributed by atoms with E-state index in [0.29, 0.717) is 10.1 Å². The van der Waals surface area contributed by atoms with Gasteiger partial charge in [-0.3, -0.25) is 10.1 Å². The van der Waals surface area contributed by atoms with E-state index in [1.807, 2.05) is 30.3 Å². The molecule has 0 spiro atoms. The molecule has 2 aromatic carbocycles. The van der Waals surface area contributed by atoms with Gasteiger partial charge in [-0.1, -0.05) is 59.5 Å². The molecule has 1 aromatic heterocycles. The zero-order valence-electron chi connectivity index (χ0n) is 13.2. The van der Waals surface area contributed by atoms with Crippen LogP contribution >= 0.6 is 23.1 Å². The van der Waals surface area contributed by atoms with E-state index in [9.17, 15) is 18.0 Å². The maximum atomic E-state index is 12.7. The van der Waals surface area contributed by atoms with Crippen molar-refractivity contribution in [2.24, 2.45) is 0 Å². The summed E-state index contributed by atoms with van der Waals surface area (Å²) in [6.45, 7) is 0. The summed E-state index contributed by atoms with van der Waals surface area (Å²) in [7, 11) is 0. The van der Waals surface area contributed by atoms with Gasteiger partial charge in [0.15, 0.2) is 4.34 Å². The first-order valence-electron chi connectivity index (χ1n) is 7.40. The van der Waals surface area contributed by atoms with E-state index in [-0.39, 0.29) is 10.7 Å². The molecule has 1 amide bonds. The topological polar surface area (TPSA) is 54.9 Å². The predicted octanol–water partition coefficient (Wildman–Crippen LogP) is 5.10. The molecule has 0 saturated heterocycles. The minimum Gasteiger partial charge on any atom is -0.296 e. The summed E-state index contributed by atoms with van der Waals surface area (Å²) in [5.74, 6) is 0.0451. The van der Waals surface area contributed by atoms with E-state index in [4.69, 9.17) is 0 Å². The predicted molar refractivity (Wildman–Crippen MR) is 95.3 cm³/mol. The van der Waals surface area contributed by atoms with Gasteiger partial charge in [0.25, 0.3) is 5.91 Å². The first kappa shape index (κ1) is 18.4. The molecule has 0 bridgehead atoms. The van der Waals surface area contributed by atoms with E-state index >= 15 is 0 Å². The molecule has 0 atom stereocenters. The Bertz CT molecular complexity index is 898. The lowest BCUT2D eigenvalue weighted by molar-refractivity contribution is -0.137. The number of aromatic nitrogens is 2. The van der Waals surface area contributed by atoms with Crippen molar-refractivity contribution in [1.29, 1.82) is 0 Å². The minimum absolute atomic E-state index is 0.0893. The maximum Gasteiger partial charge on any atom is 0.416 e. The summed E-state index contributed by atoms with van der Waals surface area (Å²) >= 11 is 2.64. The first-order valence-corrected chi connectivity index (χ1v) is 9.21. The Morgan fingerprint density at radius 1 is 1.08 bits per heavy atom. The molecule has 3 rings (SSSR count). The Kier molecular flexibility index (Phi) is 5.58. The van der Waals surface area contributed by atoms with Crippen LogP contribution in [0.1, 0.15) is 21.5 Å². The third-order valence-electron chi connectivity index (χ3n) is 3.28. The van der Waals surface area contributed by atoms with Crippen molar-refractivity contribution < 1.29 is 18.0 Å². The van der Waals surface area contributed by atoms with E-state index in [0.717, 1.165) is 17.7 Å². The third kappa shape index (κ3) is 4.83. The lowest BCUT2D eigenvalue weighted by Gasteiger charge is -2.08. The van der Waals surface area contributed by atoms with Crippen LogP contribution in [0, 0.1) is 0 Å². The number of hydrogen-bond acceptors (Lipinski definition) is 5. The number of thioether (sulfide) groups is 1. The molecule has 1 N–H and O–H groups in total. The second-order valence-electron chi connectivity index (χ2n) is 5.18. The summed E-state index contributed by atoms with van der Waals surface area (Å²) in [5.41, 5.74) is 0.164. The normalized spacial score (nSPS) is 11.3. The highest BCUT2D eigenvalue weighted by Crippen LogP contribution is 2.30. The van der Waals surface area contributed by atoms with Crippen molar-refractivity contribution in [3.05, 3.63) is 71.3 Å². The summed E-state index contributed by atoms with van der Waals surface area (Å²) in [4.78, 5) is 12.1. The Labute approximate surface area is 155 Å². The van der Waals surface area contributed by atoms with E-state index in [1.54, 1.807) is 0 Å². The van der Waals surface area contributed by atoms with Gasteiger partial charge in [0, 0.05) is 11.3 Å². The summed E-state index contributed by atoms with van der Waals surface area (Å²) < 4.78 is 38.9. The molecule has 4 nitrogen and oxygen atoms in total. The Balaban J connectivity index is 1.63. The van der Waals surface area contributed by atoms with Crippen LogP contribution in [0.3, 0.4) is 0 Å². The van der Waals surface area contributed by atoms with Crippen LogP contribution in [0.4, 0.5) is 18.3 Å². The molecule has 26 heavy (non-hydrogen) atoms. The van der Waals surface area contributed by atoms with Crippen LogP contribution in [-0.4, -0.2) is 16.1 Å². The second-order valence-corrected chi connectivity index (χ2v) is 7.38. The van der Waals surface area contributed by atoms with Crippen LogP contribution < -0.4 is 5.32 Å². The Morgan fingerprint density at radius 2 is 1.85 bits per heavy atom. The number of rotatable bonds is 5. The molecule has 0 aliphatic heterocycles. The molecule has 1 heterocycles. The third-order valence-corrected chi connectivity index (χ3v) is 5.33. The number of nitrogens with one attached hydrogen (secondary N) is 1. The van der Waals surface area contributed by atoms with Crippen molar-refractivity contribution in [3.63, 3.8) is 0 Å². The van der Waals surface area contributed by atoms with Crippen LogP contribution in [0.2, 0.25) is 0 Å². The zero-order chi connectivity index (χ0) is 18.6. The van der Waals surface area contributed by atoms with Crippen LogP contribution in [-0.2, 0) is 11.9 Å². The van der Waals surface area contributed by atoms with Gasteiger partial charge in [0.05, 0.1) is 5.56 Å². The standard InChI is InChI=1S/C17H12F3N3OS2/c18-17(19,20)13-8-4-7-12(9-13)14(24)21-15-22-23-16(26-15)25-10-11-5-2-1-3-6-11/h1-9H,10H2,(H,21,22,24). The molecule has 0 saturated carbocycles. The highest BCUT2D eigenvalue weighted by molar-refractivity contribution is 8.00. The Hall–Kier alpha value is -2.39. The molecule has 0 radical (unpaired) electrons. The van der Waals surface area contributed by atoms with Crippen molar-refractivity contribution in [3.8, 4) is 0 Å². The Morgan fingerprint density at radius 3 is 2.58 bits per heavy atom. The average molecular weight is 395 g/mol. The first-order chi connectivity index (χ1) is 12.4. The van der Waals surface area contributed by atoms with Gasteiger partial charge in [-0.05, 0) is 23.8 Å². The largest absolute Gasteiger partial charge is 0.416 e. The number of benzene rings is 2. The van der Waals surface area contributed by atoms with Gasteiger partial charge < -0.3 is 0 Å². The quantitative estimate of drug-likeness (QED) is 0.482. The molecule has 134 valence electrons. The average Bonchev–Trinajstić information content (AvgIpc) is 3.07. The number of halogens is 3. The monoisotopic (exact) mass is 395 g/mol. The van der Waals surface area contributed by atoms with Crippen molar-refractivity contribution in [2.45, 2.75) is 16.3 Å². The highest BCUT2D eigenvalue weighted by atomic mass is 32.2. The van der Waals surface area contributed by atoms with Crippen molar-refractivity contribution in [2.75, 3.05) is 5.32 Å². The van der Waals surface area contributed by atoms with Crippen molar-refractivity contribution in [1.82, 2.24) is 10.2 Å². The summed E-state index contributed by atoms with van der Waals surface area (Å²) in [5, 5.41) is 10.5. The molecule has 0 unspecified atom stereocenters. The number of hydrogen-bond donors (Lipinski definition) is 1. The molecule has 0 fully saturated rings. The SMILES string of the molecule is O=C(Nc1nnc(SCc2ccccc2)s1)c1cccc(C(F)(F)F)c1. The lowest BCUT2D eigenvalue weighted by atomic mass is 10.1. The van der Waals surface area contributed by atoms with Gasteiger partial charge in [-0.25, -0.2) is 0 Å². The summed E-state index contributed by atoms with van der Waals surface area (Å²) in [6, 6.07) is 14.0. The second kappa shape index (κ2) is 7.88. The minimum atomic E-state index is -4.50. The molecule has 9 heteroatoms. The fourth-order valence-electron chi connectivity index (χ4n) is 2.04. The van der Waals surface area contributed by atoms with Gasteiger partial charge in [-0.2, -0.15) is 13.2 Å². The molecule has 3 aromatic rings. The fraction of sp³-hybridized carbons (Fsp3) is 0.118. The van der Waals surface area contributed by atoms with Gasteiger partial charge in [0.2, 0.25) is 5.13 Å². The smallest absolute Gasteiger partial charge is 0.296 e. The zero-order valence-corrected chi connectivity index (χ0v) is 14.8. The van der Waals surface area contributed by atoms with Gasteiger partial charge in [0.1, 0.15) is 0 Å². The number of anilines is 1. The van der Waals surface area contributed by atoms with Crippen LogP contribution in [0.15, 0.2) is 58.9 Å². The number of amides is 1. The highest BCUT2D eigenvalue weighted by Gasteiger charge is 2.30. The summed E-state index contributed by atoms with van der Waals surface area (Å²) in [6.07, 6.45) is -4.50. The lowest BCUT2D eigenvalue weighted by Crippen LogP contribution is -2.13. The van der Waals surface area contributed by atoms with E-state index in [1.165, 1.54) is 35.2 Å². The molecular weight excluding hydrogens is 383 g/mol. The van der Waals surface area contributed by atoms with Crippen LogP contribution in [0.5, 0.6) is 0 Å². The number of carbonyl (C=O) groups excluding carboxylic acids is 1. The van der Waals surface area contributed by atoms with Gasteiger partial charge >= 0.3 is 6.18 Å². The molecule has 0 aliphatic carbocycles. The number of alkyl halides is 3. The molecular formula is C17H12F3N3OS2. The number of carbonyl (C=O) groups is 1. The van der Waals surface area contributed by atoms with Crippen molar-refractivity contribution >= 4 is 34.1 Å². The van der Waals surface area contributed by atoms with E-state index in [2.05, 4.69) is 15.5 Å². The van der Waals surface area contributed by atoms with E-state index < -0.39 is 17.6 Å². The van der Waals surface area contributed by atoms with Gasteiger partial charge in [-0.15, -0.1) is 10.2 Å². The maximum absolute atomic E-state index is 12.7.